The lowest BCUT2D eigenvalue weighted by Crippen LogP contribution is -2.31. The fourth-order valence-corrected chi connectivity index (χ4v) is 2.63. The zero-order chi connectivity index (χ0) is 14.5. The van der Waals surface area contributed by atoms with Crippen LogP contribution in [0.4, 0.5) is 4.39 Å². The summed E-state index contributed by atoms with van der Waals surface area (Å²) in [5.74, 6) is -0.0892. The average Bonchev–Trinajstić information content (AvgIpc) is 2.48. The van der Waals surface area contributed by atoms with E-state index in [1.807, 2.05) is 0 Å². The molecule has 3 nitrogen and oxygen atoms in total. The second-order valence-electron chi connectivity index (χ2n) is 4.94. The molecule has 0 aromatic heterocycles. The minimum absolute atomic E-state index is 0.000984. The Morgan fingerprint density at radius 3 is 2.85 bits per heavy atom. The van der Waals surface area contributed by atoms with Gasteiger partial charge in [0.15, 0.2) is 0 Å². The predicted octanol–water partition coefficient (Wildman–Crippen LogP) is 3.08. The summed E-state index contributed by atoms with van der Waals surface area (Å²) in [5, 5.41) is 13.8. The van der Waals surface area contributed by atoms with E-state index in [2.05, 4.69) is 11.9 Å². The molecule has 0 radical (unpaired) electrons. The van der Waals surface area contributed by atoms with Crippen molar-refractivity contribution < 1.29 is 14.2 Å². The van der Waals surface area contributed by atoms with Crippen molar-refractivity contribution in [1.82, 2.24) is 5.32 Å². The molecule has 110 valence electrons. The van der Waals surface area contributed by atoms with Crippen LogP contribution >= 0.6 is 11.6 Å². The van der Waals surface area contributed by atoms with Crippen LogP contribution in [0.25, 0.3) is 0 Å². The molecule has 1 saturated heterocycles. The fourth-order valence-electron chi connectivity index (χ4n) is 2.46. The van der Waals surface area contributed by atoms with Gasteiger partial charge in [0, 0.05) is 11.6 Å². The Morgan fingerprint density at radius 1 is 1.50 bits per heavy atom. The number of benzene rings is 1. The molecule has 1 unspecified atom stereocenters. The molecule has 1 heterocycles. The van der Waals surface area contributed by atoms with E-state index in [0.29, 0.717) is 11.3 Å². The Balaban J connectivity index is 2.26. The minimum Gasteiger partial charge on any atom is -0.489 e. The number of hydrogen-bond acceptors (Lipinski definition) is 3. The molecule has 5 heteroatoms. The third-order valence-electron chi connectivity index (χ3n) is 3.56. The fraction of sp³-hybridized carbons (Fsp3) is 0.467. The van der Waals surface area contributed by atoms with Gasteiger partial charge < -0.3 is 15.2 Å². The van der Waals surface area contributed by atoms with Crippen molar-refractivity contribution in [2.75, 3.05) is 19.7 Å². The van der Waals surface area contributed by atoms with Crippen LogP contribution in [-0.4, -0.2) is 24.8 Å². The van der Waals surface area contributed by atoms with Crippen molar-refractivity contribution >= 4 is 11.6 Å². The van der Waals surface area contributed by atoms with E-state index in [1.54, 1.807) is 6.08 Å². The number of hydrogen-bond donors (Lipinski definition) is 2. The van der Waals surface area contributed by atoms with Crippen LogP contribution in [0.3, 0.4) is 0 Å². The van der Waals surface area contributed by atoms with Gasteiger partial charge in [0.25, 0.3) is 0 Å². The van der Waals surface area contributed by atoms with Gasteiger partial charge in [-0.25, -0.2) is 4.39 Å². The molecule has 1 fully saturated rings. The molecule has 2 N–H and O–H groups in total. The van der Waals surface area contributed by atoms with Crippen LogP contribution in [0.1, 0.15) is 24.5 Å². The predicted molar refractivity (Wildman–Crippen MR) is 77.7 cm³/mol. The molecule has 2 rings (SSSR count). The first kappa shape index (κ1) is 15.3. The van der Waals surface area contributed by atoms with E-state index >= 15 is 0 Å². The van der Waals surface area contributed by atoms with Crippen molar-refractivity contribution in [3.8, 4) is 5.75 Å². The topological polar surface area (TPSA) is 41.5 Å². The van der Waals surface area contributed by atoms with Gasteiger partial charge in [0.2, 0.25) is 0 Å². The largest absolute Gasteiger partial charge is 0.489 e. The maximum Gasteiger partial charge on any atom is 0.145 e. The Kier molecular flexibility index (Phi) is 5.40. The maximum absolute atomic E-state index is 13.6. The molecule has 1 aliphatic heterocycles. The number of halogens is 2. The van der Waals surface area contributed by atoms with Crippen molar-refractivity contribution in [1.29, 1.82) is 0 Å². The van der Waals surface area contributed by atoms with Crippen molar-refractivity contribution in [3.63, 3.8) is 0 Å². The number of piperidine rings is 1. The van der Waals surface area contributed by atoms with Crippen LogP contribution in [-0.2, 0) is 0 Å². The molecule has 0 bridgehead atoms. The zero-order valence-electron chi connectivity index (χ0n) is 11.2. The van der Waals surface area contributed by atoms with Gasteiger partial charge in [-0.05, 0) is 37.9 Å². The second kappa shape index (κ2) is 7.07. The smallest absolute Gasteiger partial charge is 0.145 e. The third kappa shape index (κ3) is 3.51. The van der Waals surface area contributed by atoms with E-state index in [-0.39, 0.29) is 17.5 Å². The first-order valence-corrected chi connectivity index (χ1v) is 7.12. The molecule has 0 aliphatic carbocycles. The number of aliphatic hydroxyl groups excluding tert-OH is 1. The lowest BCUT2D eigenvalue weighted by atomic mass is 9.88. The summed E-state index contributed by atoms with van der Waals surface area (Å²) in [5.41, 5.74) is 0.546. The van der Waals surface area contributed by atoms with Gasteiger partial charge >= 0.3 is 0 Å². The van der Waals surface area contributed by atoms with Crippen molar-refractivity contribution in [2.45, 2.75) is 18.9 Å². The number of aliphatic hydroxyl groups is 1. The second-order valence-corrected chi connectivity index (χ2v) is 5.34. The van der Waals surface area contributed by atoms with Gasteiger partial charge in [0.1, 0.15) is 18.2 Å². The third-order valence-corrected chi connectivity index (χ3v) is 3.85. The van der Waals surface area contributed by atoms with Crippen LogP contribution in [0.15, 0.2) is 24.8 Å². The SMILES string of the molecule is C=CCOc1cc(F)c(Cl)cc1C(O)C1CCNCC1. The quantitative estimate of drug-likeness (QED) is 0.821. The number of rotatable bonds is 5. The van der Waals surface area contributed by atoms with E-state index in [0.717, 1.165) is 25.9 Å². The molecule has 0 amide bonds. The Bertz CT molecular complexity index is 475. The highest BCUT2D eigenvalue weighted by molar-refractivity contribution is 6.30. The van der Waals surface area contributed by atoms with Crippen molar-refractivity contribution in [3.05, 3.63) is 41.2 Å². The standard InChI is InChI=1S/C15H19ClFNO2/c1-2-7-20-14-9-13(17)12(16)8-11(14)15(19)10-3-5-18-6-4-10/h2,8-10,15,18-19H,1,3-7H2. The van der Waals surface area contributed by atoms with E-state index in [1.165, 1.54) is 12.1 Å². The normalized spacial score (nSPS) is 17.8. The monoisotopic (exact) mass is 299 g/mol. The van der Waals surface area contributed by atoms with E-state index in [9.17, 15) is 9.50 Å². The highest BCUT2D eigenvalue weighted by Gasteiger charge is 2.26. The first-order chi connectivity index (χ1) is 9.63. The summed E-state index contributed by atoms with van der Waals surface area (Å²) in [6, 6.07) is 2.69. The lowest BCUT2D eigenvalue weighted by Gasteiger charge is -2.28. The highest BCUT2D eigenvalue weighted by Crippen LogP contribution is 2.37. The molecule has 0 saturated carbocycles. The van der Waals surface area contributed by atoms with Crippen LogP contribution in [0.5, 0.6) is 5.75 Å². The lowest BCUT2D eigenvalue weighted by molar-refractivity contribution is 0.0860. The zero-order valence-corrected chi connectivity index (χ0v) is 12.0. The number of nitrogens with one attached hydrogen (secondary N) is 1. The van der Waals surface area contributed by atoms with Gasteiger partial charge in [-0.2, -0.15) is 0 Å². The molecule has 20 heavy (non-hydrogen) atoms. The molecule has 1 aromatic rings. The Labute approximate surface area is 123 Å². The van der Waals surface area contributed by atoms with Crippen LogP contribution in [0, 0.1) is 11.7 Å². The number of ether oxygens (including phenoxy) is 1. The molecule has 1 aromatic carbocycles. The Morgan fingerprint density at radius 2 is 2.20 bits per heavy atom. The molecule has 1 aliphatic rings. The Hall–Kier alpha value is -1.10. The average molecular weight is 300 g/mol. The van der Waals surface area contributed by atoms with Gasteiger partial charge in [-0.3, -0.25) is 0 Å². The maximum atomic E-state index is 13.6. The molecule has 0 spiro atoms. The van der Waals surface area contributed by atoms with Crippen molar-refractivity contribution in [2.24, 2.45) is 5.92 Å². The minimum atomic E-state index is -0.699. The summed E-state index contributed by atoms with van der Waals surface area (Å²) < 4.78 is 19.0. The summed E-state index contributed by atoms with van der Waals surface area (Å²) >= 11 is 5.83. The van der Waals surface area contributed by atoms with E-state index < -0.39 is 11.9 Å². The van der Waals surface area contributed by atoms with Gasteiger partial charge in [-0.15, -0.1) is 0 Å². The summed E-state index contributed by atoms with van der Waals surface area (Å²) in [4.78, 5) is 0. The van der Waals surface area contributed by atoms with Gasteiger partial charge in [-0.1, -0.05) is 24.3 Å². The molecular formula is C15H19ClFNO2. The molecular weight excluding hydrogens is 281 g/mol. The van der Waals surface area contributed by atoms with Gasteiger partial charge in [0.05, 0.1) is 11.1 Å². The molecule has 1 atom stereocenters. The first-order valence-electron chi connectivity index (χ1n) is 6.75. The summed E-state index contributed by atoms with van der Waals surface area (Å²) in [6.07, 6.45) is 2.62. The highest BCUT2D eigenvalue weighted by atomic mass is 35.5. The van der Waals surface area contributed by atoms with Crippen LogP contribution in [0.2, 0.25) is 5.02 Å². The van der Waals surface area contributed by atoms with Crippen LogP contribution < -0.4 is 10.1 Å². The summed E-state index contributed by atoms with van der Waals surface area (Å²) in [6.45, 7) is 5.57. The summed E-state index contributed by atoms with van der Waals surface area (Å²) in [7, 11) is 0. The van der Waals surface area contributed by atoms with E-state index in [4.69, 9.17) is 16.3 Å².